The van der Waals surface area contributed by atoms with Gasteiger partial charge in [0.05, 0.1) is 23.2 Å². The van der Waals surface area contributed by atoms with Crippen molar-refractivity contribution in [3.63, 3.8) is 0 Å². The number of halogens is 3. The molecule has 34 heavy (non-hydrogen) atoms. The molecular weight excluding hydrogens is 451 g/mol. The van der Waals surface area contributed by atoms with Crippen LogP contribution in [-0.2, 0) is 11.0 Å². The molecule has 11 heteroatoms. The minimum absolute atomic E-state index is 0.00559. The second-order valence-electron chi connectivity index (χ2n) is 8.53. The number of hydrogen-bond acceptors (Lipinski definition) is 6. The molecule has 2 aromatic carbocycles. The lowest BCUT2D eigenvalue weighted by Crippen LogP contribution is -2.46. The molecule has 0 spiro atoms. The Balaban J connectivity index is 1.20. The smallest absolute Gasteiger partial charge is 0.416 e. The minimum Gasteiger partial charge on any atom is -0.486 e. The van der Waals surface area contributed by atoms with Crippen LogP contribution in [0.5, 0.6) is 11.5 Å². The number of nitrogens with zero attached hydrogens (tertiary/aromatic N) is 4. The van der Waals surface area contributed by atoms with Crippen molar-refractivity contribution in [2.45, 2.75) is 38.0 Å². The number of ether oxygens (including phenoxy) is 2. The van der Waals surface area contributed by atoms with Crippen molar-refractivity contribution in [2.75, 3.05) is 31.6 Å². The number of alkyl halides is 3. The molecular formula is C23H24F3N5O3. The molecule has 1 unspecified atom stereocenters. The lowest BCUT2D eigenvalue weighted by Gasteiger charge is -2.35. The fraction of sp³-hybridized carbons (Fsp3) is 0.435. The molecule has 0 saturated carbocycles. The molecule has 180 valence electrons. The Labute approximate surface area is 193 Å². The maximum absolute atomic E-state index is 13.0. The summed E-state index contributed by atoms with van der Waals surface area (Å²) in [6, 6.07) is 8.48. The highest BCUT2D eigenvalue weighted by Gasteiger charge is 2.32. The SMILES string of the molecule is CC(C(=O)Nc1ccc2c(c1)OCCO2)N1CCC(n2nnc3cc(C(F)(F)F)ccc32)CC1. The molecule has 0 bridgehead atoms. The van der Waals surface area contributed by atoms with Crippen LogP contribution >= 0.6 is 0 Å². The number of carbonyl (C=O) groups is 1. The predicted molar refractivity (Wildman–Crippen MR) is 118 cm³/mol. The van der Waals surface area contributed by atoms with E-state index in [-0.39, 0.29) is 23.5 Å². The first-order valence-corrected chi connectivity index (χ1v) is 11.2. The quantitative estimate of drug-likeness (QED) is 0.617. The van der Waals surface area contributed by atoms with Crippen LogP contribution in [0.2, 0.25) is 0 Å². The van der Waals surface area contributed by atoms with E-state index in [1.54, 1.807) is 22.9 Å². The van der Waals surface area contributed by atoms with Crippen molar-refractivity contribution >= 4 is 22.6 Å². The summed E-state index contributed by atoms with van der Waals surface area (Å²) >= 11 is 0. The molecule has 2 aliphatic heterocycles. The van der Waals surface area contributed by atoms with Crippen LogP contribution in [0.4, 0.5) is 18.9 Å². The number of nitrogens with one attached hydrogen (secondary N) is 1. The normalized spacial score (nSPS) is 18.1. The van der Waals surface area contributed by atoms with Gasteiger partial charge in [0.2, 0.25) is 5.91 Å². The zero-order chi connectivity index (χ0) is 23.9. The number of carbonyl (C=O) groups excluding carboxylic acids is 1. The number of amides is 1. The molecule has 5 rings (SSSR count). The Morgan fingerprint density at radius 2 is 1.82 bits per heavy atom. The van der Waals surface area contributed by atoms with Gasteiger partial charge in [0, 0.05) is 24.8 Å². The first kappa shape index (κ1) is 22.5. The summed E-state index contributed by atoms with van der Waals surface area (Å²) in [6.07, 6.45) is -3.00. The highest BCUT2D eigenvalue weighted by molar-refractivity contribution is 5.94. The summed E-state index contributed by atoms with van der Waals surface area (Å²) in [4.78, 5) is 14.9. The summed E-state index contributed by atoms with van der Waals surface area (Å²) in [5, 5.41) is 11.0. The van der Waals surface area contributed by atoms with Crippen molar-refractivity contribution in [1.29, 1.82) is 0 Å². The molecule has 1 saturated heterocycles. The van der Waals surface area contributed by atoms with Crippen molar-refractivity contribution < 1.29 is 27.4 Å². The molecule has 8 nitrogen and oxygen atoms in total. The number of benzene rings is 2. The largest absolute Gasteiger partial charge is 0.486 e. The summed E-state index contributed by atoms with van der Waals surface area (Å²) in [6.45, 7) is 4.15. The van der Waals surface area contributed by atoms with Gasteiger partial charge in [-0.25, -0.2) is 4.68 Å². The Bertz CT molecular complexity index is 1200. The zero-order valence-electron chi connectivity index (χ0n) is 18.5. The molecule has 1 fully saturated rings. The second-order valence-corrected chi connectivity index (χ2v) is 8.53. The van der Waals surface area contributed by atoms with E-state index >= 15 is 0 Å². The van der Waals surface area contributed by atoms with Gasteiger partial charge in [-0.1, -0.05) is 5.21 Å². The van der Waals surface area contributed by atoms with Gasteiger partial charge in [0.1, 0.15) is 18.7 Å². The zero-order valence-corrected chi connectivity index (χ0v) is 18.5. The van der Waals surface area contributed by atoms with Crippen LogP contribution in [0.3, 0.4) is 0 Å². The van der Waals surface area contributed by atoms with E-state index in [2.05, 4.69) is 20.5 Å². The van der Waals surface area contributed by atoms with E-state index in [0.717, 1.165) is 12.1 Å². The van der Waals surface area contributed by atoms with E-state index < -0.39 is 11.7 Å². The van der Waals surface area contributed by atoms with E-state index in [4.69, 9.17) is 9.47 Å². The Morgan fingerprint density at radius 3 is 2.56 bits per heavy atom. The molecule has 0 aliphatic carbocycles. The van der Waals surface area contributed by atoms with Gasteiger partial charge in [-0.15, -0.1) is 5.10 Å². The van der Waals surface area contributed by atoms with Crippen LogP contribution in [0, 0.1) is 0 Å². The monoisotopic (exact) mass is 475 g/mol. The Hall–Kier alpha value is -3.34. The Morgan fingerprint density at radius 1 is 1.09 bits per heavy atom. The Kier molecular flexibility index (Phi) is 5.80. The van der Waals surface area contributed by atoms with E-state index in [9.17, 15) is 18.0 Å². The predicted octanol–water partition coefficient (Wildman–Crippen LogP) is 3.89. The van der Waals surface area contributed by atoms with Crippen LogP contribution < -0.4 is 14.8 Å². The molecule has 1 amide bonds. The molecule has 1 atom stereocenters. The highest BCUT2D eigenvalue weighted by Crippen LogP contribution is 2.34. The number of likely N-dealkylation sites (tertiary alicyclic amines) is 1. The molecule has 2 aliphatic rings. The maximum atomic E-state index is 13.0. The van der Waals surface area contributed by atoms with Gasteiger partial charge in [-0.2, -0.15) is 13.2 Å². The lowest BCUT2D eigenvalue weighted by atomic mass is 10.0. The molecule has 3 heterocycles. The van der Waals surface area contributed by atoms with Gasteiger partial charge in [-0.3, -0.25) is 9.69 Å². The van der Waals surface area contributed by atoms with Gasteiger partial charge in [-0.05, 0) is 50.1 Å². The molecule has 1 N–H and O–H groups in total. The third-order valence-corrected chi connectivity index (χ3v) is 6.38. The second kappa shape index (κ2) is 8.79. The first-order chi connectivity index (χ1) is 16.3. The van der Waals surface area contributed by atoms with Gasteiger partial charge >= 0.3 is 6.18 Å². The average Bonchev–Trinajstić information content (AvgIpc) is 3.26. The van der Waals surface area contributed by atoms with Crippen LogP contribution in [0.1, 0.15) is 31.4 Å². The van der Waals surface area contributed by atoms with Crippen molar-refractivity contribution in [2.24, 2.45) is 0 Å². The summed E-state index contributed by atoms with van der Waals surface area (Å²) in [5.74, 6) is 1.15. The van der Waals surface area contributed by atoms with Gasteiger partial charge in [0.25, 0.3) is 0 Å². The van der Waals surface area contributed by atoms with Gasteiger partial charge in [0.15, 0.2) is 11.5 Å². The highest BCUT2D eigenvalue weighted by atomic mass is 19.4. The first-order valence-electron chi connectivity index (χ1n) is 11.2. The standard InChI is InChI=1S/C23H24F3N5O3/c1-14(22(32)27-16-3-5-20-21(13-16)34-11-10-33-20)30-8-6-17(7-9-30)31-19-4-2-15(23(24,25)26)12-18(19)28-29-31/h2-5,12-14,17H,6-11H2,1H3,(H,27,32). The van der Waals surface area contributed by atoms with E-state index in [0.29, 0.717) is 61.8 Å². The minimum atomic E-state index is -4.42. The fourth-order valence-corrected chi connectivity index (χ4v) is 4.44. The average molecular weight is 475 g/mol. The third-order valence-electron chi connectivity index (χ3n) is 6.38. The third kappa shape index (κ3) is 4.39. The van der Waals surface area contributed by atoms with Crippen LogP contribution in [0.25, 0.3) is 11.0 Å². The number of aromatic nitrogens is 3. The van der Waals surface area contributed by atoms with Crippen molar-refractivity contribution in [3.8, 4) is 11.5 Å². The van der Waals surface area contributed by atoms with Crippen LogP contribution in [0.15, 0.2) is 36.4 Å². The van der Waals surface area contributed by atoms with Crippen molar-refractivity contribution in [3.05, 3.63) is 42.0 Å². The van der Waals surface area contributed by atoms with Gasteiger partial charge < -0.3 is 14.8 Å². The topological polar surface area (TPSA) is 81.5 Å². The van der Waals surface area contributed by atoms with E-state index in [1.807, 2.05) is 6.92 Å². The number of anilines is 1. The summed E-state index contributed by atoms with van der Waals surface area (Å²) in [5.41, 5.74) is 0.711. The van der Waals surface area contributed by atoms with Crippen molar-refractivity contribution in [1.82, 2.24) is 19.9 Å². The number of hydrogen-bond donors (Lipinski definition) is 1. The summed E-state index contributed by atoms with van der Waals surface area (Å²) in [7, 11) is 0. The molecule has 0 radical (unpaired) electrons. The molecule has 1 aromatic heterocycles. The molecule has 3 aromatic rings. The lowest BCUT2D eigenvalue weighted by molar-refractivity contribution is -0.137. The summed E-state index contributed by atoms with van der Waals surface area (Å²) < 4.78 is 51.7. The van der Waals surface area contributed by atoms with E-state index in [1.165, 1.54) is 6.07 Å². The number of fused-ring (bicyclic) bond motifs is 2. The number of rotatable bonds is 4. The van der Waals surface area contributed by atoms with Crippen LogP contribution in [-0.4, -0.2) is 58.1 Å². The maximum Gasteiger partial charge on any atom is 0.416 e. The fourth-order valence-electron chi connectivity index (χ4n) is 4.44. The number of piperidine rings is 1.